The predicted molar refractivity (Wildman–Crippen MR) is 73.0 cm³/mol. The van der Waals surface area contributed by atoms with Crippen molar-refractivity contribution in [3.63, 3.8) is 0 Å². The van der Waals surface area contributed by atoms with Crippen LogP contribution >= 0.6 is 0 Å². The molecule has 8 heteroatoms. The van der Waals surface area contributed by atoms with E-state index < -0.39 is 30.9 Å². The molecule has 0 radical (unpaired) electrons. The van der Waals surface area contributed by atoms with Crippen LogP contribution in [0.25, 0.3) is 0 Å². The first-order valence-electron chi connectivity index (χ1n) is 6.16. The van der Waals surface area contributed by atoms with Gasteiger partial charge in [-0.25, -0.2) is 21.2 Å². The molecule has 1 aliphatic rings. The third-order valence-corrected chi connectivity index (χ3v) is 7.08. The van der Waals surface area contributed by atoms with Crippen molar-refractivity contribution in [2.75, 3.05) is 19.3 Å². The molecule has 0 unspecified atom stereocenters. The lowest BCUT2D eigenvalue weighted by molar-refractivity contribution is 0.344. The average Bonchev–Trinajstić information content (AvgIpc) is 2.38. The average molecular weight is 321 g/mol. The minimum absolute atomic E-state index is 0.0917. The van der Waals surface area contributed by atoms with E-state index in [1.807, 2.05) is 0 Å². The van der Waals surface area contributed by atoms with Crippen molar-refractivity contribution in [1.82, 2.24) is 4.31 Å². The summed E-state index contributed by atoms with van der Waals surface area (Å²) in [5.41, 5.74) is 0. The van der Waals surface area contributed by atoms with Gasteiger partial charge in [0.2, 0.25) is 10.0 Å². The van der Waals surface area contributed by atoms with Crippen molar-refractivity contribution in [3.8, 4) is 0 Å². The van der Waals surface area contributed by atoms with E-state index in [-0.39, 0.29) is 30.8 Å². The number of nitrogens with zero attached hydrogens (tertiary/aromatic N) is 1. The zero-order chi connectivity index (χ0) is 15.0. The van der Waals surface area contributed by atoms with Gasteiger partial charge in [-0.3, -0.25) is 0 Å². The summed E-state index contributed by atoms with van der Waals surface area (Å²) in [6.07, 6.45) is 1.64. The Morgan fingerprint density at radius 1 is 1.10 bits per heavy atom. The van der Waals surface area contributed by atoms with Gasteiger partial charge in [-0.1, -0.05) is 12.1 Å². The number of hydrogen-bond donors (Lipinski definition) is 0. The van der Waals surface area contributed by atoms with Gasteiger partial charge in [0.15, 0.2) is 0 Å². The van der Waals surface area contributed by atoms with Crippen LogP contribution in [0.4, 0.5) is 4.39 Å². The Morgan fingerprint density at radius 2 is 1.65 bits per heavy atom. The molecule has 0 atom stereocenters. The third kappa shape index (κ3) is 3.02. The summed E-state index contributed by atoms with van der Waals surface area (Å²) in [7, 11) is -7.06. The fourth-order valence-corrected chi connectivity index (χ4v) is 4.90. The van der Waals surface area contributed by atoms with Gasteiger partial charge in [0.25, 0.3) is 0 Å². The maximum atomic E-state index is 13.6. The zero-order valence-corrected chi connectivity index (χ0v) is 12.6. The fourth-order valence-electron chi connectivity index (χ4n) is 2.29. The molecule has 1 aromatic rings. The van der Waals surface area contributed by atoms with Crippen molar-refractivity contribution in [2.45, 2.75) is 23.0 Å². The number of rotatable bonds is 3. The van der Waals surface area contributed by atoms with Crippen molar-refractivity contribution in [1.29, 1.82) is 0 Å². The Labute approximate surface area is 118 Å². The quantitative estimate of drug-likeness (QED) is 0.833. The van der Waals surface area contributed by atoms with E-state index in [9.17, 15) is 21.2 Å². The van der Waals surface area contributed by atoms with Crippen molar-refractivity contribution in [2.24, 2.45) is 0 Å². The summed E-state index contributed by atoms with van der Waals surface area (Å²) >= 11 is 0. The van der Waals surface area contributed by atoms with Crippen LogP contribution in [-0.2, 0) is 19.9 Å². The highest BCUT2D eigenvalue weighted by Gasteiger charge is 2.34. The van der Waals surface area contributed by atoms with Gasteiger partial charge in [-0.15, -0.1) is 0 Å². The molecule has 0 N–H and O–H groups in total. The van der Waals surface area contributed by atoms with Crippen LogP contribution in [0.5, 0.6) is 0 Å². The molecule has 0 saturated carbocycles. The first-order valence-corrected chi connectivity index (χ1v) is 9.56. The Hall–Kier alpha value is -0.990. The normalized spacial score (nSPS) is 19.1. The van der Waals surface area contributed by atoms with E-state index in [2.05, 4.69) is 0 Å². The zero-order valence-electron chi connectivity index (χ0n) is 11.0. The summed E-state index contributed by atoms with van der Waals surface area (Å²) in [5.74, 6) is -0.794. The molecule has 0 amide bonds. The molecule has 1 saturated heterocycles. The highest BCUT2D eigenvalue weighted by Crippen LogP contribution is 2.24. The van der Waals surface area contributed by atoms with E-state index in [0.717, 1.165) is 16.6 Å². The largest absolute Gasteiger partial charge is 0.245 e. The molecular weight excluding hydrogens is 305 g/mol. The minimum atomic E-state index is -3.90. The highest BCUT2D eigenvalue weighted by atomic mass is 32.2. The summed E-state index contributed by atoms with van der Waals surface area (Å²) in [4.78, 5) is -0.363. The van der Waals surface area contributed by atoms with Gasteiger partial charge in [0.1, 0.15) is 20.5 Å². The molecule has 5 nitrogen and oxygen atoms in total. The van der Waals surface area contributed by atoms with E-state index >= 15 is 0 Å². The molecule has 20 heavy (non-hydrogen) atoms. The van der Waals surface area contributed by atoms with Crippen LogP contribution in [0, 0.1) is 5.82 Å². The standard InChI is InChI=1S/C12H16FNO4S2/c1-19(15,16)10-6-8-14(9-7-10)20(17,18)12-5-3-2-4-11(12)13/h2-5,10H,6-9H2,1H3. The van der Waals surface area contributed by atoms with E-state index in [1.54, 1.807) is 0 Å². The molecule has 0 bridgehead atoms. The second kappa shape index (κ2) is 5.42. The van der Waals surface area contributed by atoms with Gasteiger partial charge < -0.3 is 0 Å². The monoisotopic (exact) mass is 321 g/mol. The molecule has 0 spiro atoms. The SMILES string of the molecule is CS(=O)(=O)C1CCN(S(=O)(=O)c2ccccc2F)CC1. The molecule has 1 aromatic carbocycles. The molecule has 112 valence electrons. The van der Waals surface area contributed by atoms with E-state index in [1.165, 1.54) is 18.2 Å². The van der Waals surface area contributed by atoms with Crippen LogP contribution in [-0.4, -0.2) is 45.7 Å². The van der Waals surface area contributed by atoms with E-state index in [0.29, 0.717) is 0 Å². The second-order valence-electron chi connectivity index (χ2n) is 4.86. The lowest BCUT2D eigenvalue weighted by Gasteiger charge is -2.30. The lowest BCUT2D eigenvalue weighted by Crippen LogP contribution is -2.42. The van der Waals surface area contributed by atoms with Crippen LogP contribution in [0.3, 0.4) is 0 Å². The summed E-state index contributed by atoms with van der Waals surface area (Å²) in [5, 5.41) is -0.519. The Balaban J connectivity index is 2.20. The number of piperidine rings is 1. The fraction of sp³-hybridized carbons (Fsp3) is 0.500. The van der Waals surface area contributed by atoms with Crippen LogP contribution in [0.15, 0.2) is 29.2 Å². The molecule has 1 aliphatic heterocycles. The van der Waals surface area contributed by atoms with Gasteiger partial charge in [-0.05, 0) is 25.0 Å². The molecule has 1 heterocycles. The minimum Gasteiger partial charge on any atom is -0.229 e. The van der Waals surface area contributed by atoms with Crippen molar-refractivity contribution < 1.29 is 21.2 Å². The van der Waals surface area contributed by atoms with Crippen LogP contribution < -0.4 is 0 Å². The Bertz CT molecular complexity index is 692. The number of halogens is 1. The lowest BCUT2D eigenvalue weighted by atomic mass is 10.2. The molecule has 0 aliphatic carbocycles. The van der Waals surface area contributed by atoms with Crippen LogP contribution in [0.1, 0.15) is 12.8 Å². The number of benzene rings is 1. The van der Waals surface area contributed by atoms with Crippen molar-refractivity contribution >= 4 is 19.9 Å². The maximum Gasteiger partial charge on any atom is 0.245 e. The maximum absolute atomic E-state index is 13.6. The Morgan fingerprint density at radius 3 is 2.15 bits per heavy atom. The Kier molecular flexibility index (Phi) is 4.17. The van der Waals surface area contributed by atoms with Gasteiger partial charge >= 0.3 is 0 Å². The topological polar surface area (TPSA) is 71.5 Å². The summed E-state index contributed by atoms with van der Waals surface area (Å²) in [6.45, 7) is 0.183. The van der Waals surface area contributed by atoms with Gasteiger partial charge in [-0.2, -0.15) is 4.31 Å². The second-order valence-corrected chi connectivity index (χ2v) is 9.10. The third-order valence-electron chi connectivity index (χ3n) is 3.46. The number of sulfone groups is 1. The van der Waals surface area contributed by atoms with Crippen LogP contribution in [0.2, 0.25) is 0 Å². The number of hydrogen-bond acceptors (Lipinski definition) is 4. The first kappa shape index (κ1) is 15.4. The van der Waals surface area contributed by atoms with Crippen molar-refractivity contribution in [3.05, 3.63) is 30.1 Å². The predicted octanol–water partition coefficient (Wildman–Crippen LogP) is 1.02. The smallest absolute Gasteiger partial charge is 0.229 e. The van der Waals surface area contributed by atoms with E-state index in [4.69, 9.17) is 0 Å². The first-order chi connectivity index (χ1) is 9.23. The number of sulfonamides is 1. The van der Waals surface area contributed by atoms with Gasteiger partial charge in [0, 0.05) is 19.3 Å². The molecule has 1 fully saturated rings. The van der Waals surface area contributed by atoms with Gasteiger partial charge in [0.05, 0.1) is 5.25 Å². The molecular formula is C12H16FNO4S2. The molecule has 0 aromatic heterocycles. The highest BCUT2D eigenvalue weighted by molar-refractivity contribution is 7.91. The summed E-state index contributed by atoms with van der Waals surface area (Å²) < 4.78 is 62.2. The molecule has 2 rings (SSSR count). The summed E-state index contributed by atoms with van der Waals surface area (Å²) in [6, 6.07) is 5.19.